The summed E-state index contributed by atoms with van der Waals surface area (Å²) in [5, 5.41) is 9.81. The van der Waals surface area contributed by atoms with Gasteiger partial charge < -0.3 is 10.8 Å². The van der Waals surface area contributed by atoms with Gasteiger partial charge in [0.05, 0.1) is 12.1 Å². The summed E-state index contributed by atoms with van der Waals surface area (Å²) in [5.41, 5.74) is 3.33. The molecule has 1 rings (SSSR count). The van der Waals surface area contributed by atoms with Crippen LogP contribution in [0, 0.1) is 34.5 Å². The van der Waals surface area contributed by atoms with E-state index in [0.29, 0.717) is 0 Å². The SMILES string of the molecule is CC(C)(C)[C@H](O)[C@H](N)c1c(F)c(F)c(F)c(F)c1F. The Labute approximate surface area is 107 Å². The second-order valence-electron chi connectivity index (χ2n) is 5.32. The first-order valence-electron chi connectivity index (χ1n) is 5.45. The van der Waals surface area contributed by atoms with Gasteiger partial charge in [-0.15, -0.1) is 0 Å². The molecule has 0 aromatic heterocycles. The minimum Gasteiger partial charge on any atom is -0.391 e. The number of aliphatic hydroxyl groups excluding tert-OH is 1. The molecule has 1 aromatic carbocycles. The van der Waals surface area contributed by atoms with Gasteiger partial charge in [0.25, 0.3) is 0 Å². The molecular weight excluding hydrogens is 269 g/mol. The number of benzene rings is 1. The zero-order chi connectivity index (χ0) is 15.1. The molecular formula is C12H14F5NO. The highest BCUT2D eigenvalue weighted by Gasteiger charge is 2.36. The first-order valence-corrected chi connectivity index (χ1v) is 5.45. The van der Waals surface area contributed by atoms with E-state index in [9.17, 15) is 27.1 Å². The molecule has 108 valence electrons. The van der Waals surface area contributed by atoms with Crippen molar-refractivity contribution in [2.24, 2.45) is 11.1 Å². The lowest BCUT2D eigenvalue weighted by atomic mass is 9.82. The minimum absolute atomic E-state index is 0.889. The van der Waals surface area contributed by atoms with Crippen LogP contribution in [0.4, 0.5) is 22.0 Å². The van der Waals surface area contributed by atoms with E-state index in [1.807, 2.05) is 0 Å². The van der Waals surface area contributed by atoms with Crippen LogP contribution >= 0.6 is 0 Å². The summed E-state index contributed by atoms with van der Waals surface area (Å²) in [6.07, 6.45) is -1.49. The van der Waals surface area contributed by atoms with Crippen molar-refractivity contribution in [2.45, 2.75) is 32.9 Å². The van der Waals surface area contributed by atoms with E-state index in [1.165, 1.54) is 20.8 Å². The third-order valence-corrected chi connectivity index (χ3v) is 2.80. The van der Waals surface area contributed by atoms with Gasteiger partial charge in [-0.25, -0.2) is 22.0 Å². The number of rotatable bonds is 2. The molecule has 0 heterocycles. The zero-order valence-electron chi connectivity index (χ0n) is 10.6. The lowest BCUT2D eigenvalue weighted by Crippen LogP contribution is -2.38. The van der Waals surface area contributed by atoms with Crippen molar-refractivity contribution >= 4 is 0 Å². The van der Waals surface area contributed by atoms with Gasteiger partial charge in [0.15, 0.2) is 23.3 Å². The second kappa shape index (κ2) is 5.05. The molecule has 0 bridgehead atoms. The second-order valence-corrected chi connectivity index (χ2v) is 5.32. The van der Waals surface area contributed by atoms with Crippen LogP contribution in [0.15, 0.2) is 0 Å². The normalized spacial score (nSPS) is 15.5. The number of aliphatic hydroxyl groups is 1. The van der Waals surface area contributed by atoms with E-state index in [4.69, 9.17) is 5.73 Å². The summed E-state index contributed by atoms with van der Waals surface area (Å²) in [4.78, 5) is 0. The highest BCUT2D eigenvalue weighted by Crippen LogP contribution is 2.33. The van der Waals surface area contributed by atoms with Crippen LogP contribution in [-0.2, 0) is 0 Å². The van der Waals surface area contributed by atoms with E-state index in [-0.39, 0.29) is 0 Å². The number of hydrogen-bond donors (Lipinski definition) is 2. The number of hydrogen-bond acceptors (Lipinski definition) is 2. The summed E-state index contributed by atoms with van der Waals surface area (Å²) >= 11 is 0. The van der Waals surface area contributed by atoms with E-state index in [2.05, 4.69) is 0 Å². The van der Waals surface area contributed by atoms with Gasteiger partial charge in [0, 0.05) is 5.56 Å². The molecule has 19 heavy (non-hydrogen) atoms. The number of halogens is 5. The quantitative estimate of drug-likeness (QED) is 0.498. The Balaban J connectivity index is 3.44. The average molecular weight is 283 g/mol. The van der Waals surface area contributed by atoms with Gasteiger partial charge in [-0.3, -0.25) is 0 Å². The fourth-order valence-electron chi connectivity index (χ4n) is 1.61. The molecule has 2 atom stereocenters. The molecule has 0 saturated carbocycles. The molecule has 7 heteroatoms. The lowest BCUT2D eigenvalue weighted by molar-refractivity contribution is 0.0375. The van der Waals surface area contributed by atoms with Crippen molar-refractivity contribution in [1.82, 2.24) is 0 Å². The molecule has 0 aliphatic heterocycles. The highest BCUT2D eigenvalue weighted by molar-refractivity contribution is 5.28. The van der Waals surface area contributed by atoms with E-state index >= 15 is 0 Å². The summed E-state index contributed by atoms with van der Waals surface area (Å²) in [7, 11) is 0. The molecule has 0 saturated heterocycles. The van der Waals surface area contributed by atoms with Gasteiger partial charge in [0.2, 0.25) is 5.82 Å². The molecule has 0 radical (unpaired) electrons. The highest BCUT2D eigenvalue weighted by atomic mass is 19.2. The van der Waals surface area contributed by atoms with Crippen LogP contribution < -0.4 is 5.73 Å². The monoisotopic (exact) mass is 283 g/mol. The molecule has 0 aliphatic carbocycles. The van der Waals surface area contributed by atoms with Gasteiger partial charge in [-0.1, -0.05) is 20.8 Å². The topological polar surface area (TPSA) is 46.2 Å². The van der Waals surface area contributed by atoms with Crippen LogP contribution in [0.1, 0.15) is 32.4 Å². The van der Waals surface area contributed by atoms with E-state index < -0.39 is 52.2 Å². The maximum atomic E-state index is 13.5. The summed E-state index contributed by atoms with van der Waals surface area (Å²) < 4.78 is 65.9. The van der Waals surface area contributed by atoms with Crippen LogP contribution in [-0.4, -0.2) is 11.2 Å². The molecule has 0 amide bonds. The third kappa shape index (κ3) is 2.71. The van der Waals surface area contributed by atoms with Crippen LogP contribution in [0.5, 0.6) is 0 Å². The van der Waals surface area contributed by atoms with Crippen LogP contribution in [0.3, 0.4) is 0 Å². The molecule has 1 aromatic rings. The van der Waals surface area contributed by atoms with Crippen molar-refractivity contribution in [1.29, 1.82) is 0 Å². The Morgan fingerprint density at radius 2 is 1.16 bits per heavy atom. The Morgan fingerprint density at radius 3 is 1.47 bits per heavy atom. The predicted octanol–water partition coefficient (Wildman–Crippen LogP) is 2.79. The van der Waals surface area contributed by atoms with Gasteiger partial charge in [-0.2, -0.15) is 0 Å². The van der Waals surface area contributed by atoms with Gasteiger partial charge >= 0.3 is 0 Å². The summed E-state index contributed by atoms with van der Waals surface area (Å²) in [5.74, 6) is -10.5. The van der Waals surface area contributed by atoms with Gasteiger partial charge in [-0.05, 0) is 5.41 Å². The smallest absolute Gasteiger partial charge is 0.200 e. The first kappa shape index (κ1) is 15.8. The fourth-order valence-corrected chi connectivity index (χ4v) is 1.61. The molecule has 0 unspecified atom stereocenters. The van der Waals surface area contributed by atoms with Gasteiger partial charge in [0.1, 0.15) is 0 Å². The molecule has 0 spiro atoms. The standard InChI is InChI=1S/C12H14F5NO/c1-12(2,3)11(19)10(18)4-5(13)7(15)9(17)8(16)6(4)14/h10-11,19H,18H2,1-3H3/t10-,11-/m1/s1. The van der Waals surface area contributed by atoms with Crippen molar-refractivity contribution in [2.75, 3.05) is 0 Å². The molecule has 3 N–H and O–H groups in total. The Morgan fingerprint density at radius 1 is 0.842 bits per heavy atom. The molecule has 2 nitrogen and oxygen atoms in total. The van der Waals surface area contributed by atoms with Crippen molar-refractivity contribution in [3.8, 4) is 0 Å². The Hall–Kier alpha value is -1.21. The van der Waals surface area contributed by atoms with Crippen molar-refractivity contribution < 1.29 is 27.1 Å². The number of nitrogens with two attached hydrogens (primary N) is 1. The van der Waals surface area contributed by atoms with E-state index in [0.717, 1.165) is 0 Å². The summed E-state index contributed by atoms with van der Waals surface area (Å²) in [6, 6.07) is -1.73. The fraction of sp³-hybridized carbons (Fsp3) is 0.500. The minimum atomic E-state index is -2.25. The van der Waals surface area contributed by atoms with Crippen molar-refractivity contribution in [3.63, 3.8) is 0 Å². The largest absolute Gasteiger partial charge is 0.391 e. The first-order chi connectivity index (χ1) is 8.50. The maximum absolute atomic E-state index is 13.5. The Bertz CT molecular complexity index is 469. The average Bonchev–Trinajstić information content (AvgIpc) is 2.31. The van der Waals surface area contributed by atoms with Crippen LogP contribution in [0.2, 0.25) is 0 Å². The lowest BCUT2D eigenvalue weighted by Gasteiger charge is -2.31. The maximum Gasteiger partial charge on any atom is 0.200 e. The van der Waals surface area contributed by atoms with Crippen molar-refractivity contribution in [3.05, 3.63) is 34.6 Å². The predicted molar refractivity (Wildman–Crippen MR) is 58.6 cm³/mol. The zero-order valence-corrected chi connectivity index (χ0v) is 10.6. The third-order valence-electron chi connectivity index (χ3n) is 2.80. The van der Waals surface area contributed by atoms with E-state index in [1.54, 1.807) is 0 Å². The molecule has 0 aliphatic rings. The summed E-state index contributed by atoms with van der Waals surface area (Å²) in [6.45, 7) is 4.55. The Kier molecular flexibility index (Phi) is 4.21. The van der Waals surface area contributed by atoms with Crippen LogP contribution in [0.25, 0.3) is 0 Å². The molecule has 0 fully saturated rings.